The Morgan fingerprint density at radius 2 is 1.41 bits per heavy atom. The quantitative estimate of drug-likeness (QED) is 0.717. The average molecular weight is 241 g/mol. The van der Waals surface area contributed by atoms with E-state index in [0.717, 1.165) is 6.42 Å². The molecule has 0 unspecified atom stereocenters. The zero-order chi connectivity index (χ0) is 13.7. The number of rotatable bonds is 6. The molecule has 0 aliphatic carbocycles. The number of ketones is 1. The SMILES string of the molecule is CC(C)C[C@H](C(=O)C(C)C)N(C)C(=O)C(C)C. The Morgan fingerprint density at radius 3 is 1.71 bits per heavy atom. The molecule has 0 aromatic rings. The number of hydrogen-bond donors (Lipinski definition) is 0. The zero-order valence-electron chi connectivity index (χ0n) is 12.3. The van der Waals surface area contributed by atoms with E-state index in [-0.39, 0.29) is 29.6 Å². The van der Waals surface area contributed by atoms with Crippen LogP contribution in [0.2, 0.25) is 0 Å². The summed E-state index contributed by atoms with van der Waals surface area (Å²) in [6, 6.07) is -0.273. The first kappa shape index (κ1) is 16.1. The van der Waals surface area contributed by atoms with E-state index in [9.17, 15) is 9.59 Å². The van der Waals surface area contributed by atoms with Crippen LogP contribution in [0.5, 0.6) is 0 Å². The number of Topliss-reactive ketones (excluding diaryl/α,β-unsaturated/α-hetero) is 1. The van der Waals surface area contributed by atoms with Crippen LogP contribution in [0.3, 0.4) is 0 Å². The van der Waals surface area contributed by atoms with Gasteiger partial charge in [-0.3, -0.25) is 9.59 Å². The molecule has 17 heavy (non-hydrogen) atoms. The third-order valence-corrected chi connectivity index (χ3v) is 2.90. The second-order valence-corrected chi connectivity index (χ2v) is 5.81. The van der Waals surface area contributed by atoms with Crippen LogP contribution in [0.25, 0.3) is 0 Å². The van der Waals surface area contributed by atoms with Gasteiger partial charge in [0.1, 0.15) is 0 Å². The number of hydrogen-bond acceptors (Lipinski definition) is 2. The Labute approximate surface area is 106 Å². The van der Waals surface area contributed by atoms with Gasteiger partial charge < -0.3 is 4.90 Å². The van der Waals surface area contributed by atoms with Gasteiger partial charge in [-0.05, 0) is 12.3 Å². The molecular weight excluding hydrogens is 214 g/mol. The van der Waals surface area contributed by atoms with Crippen LogP contribution in [0, 0.1) is 17.8 Å². The maximum atomic E-state index is 12.2. The fraction of sp³-hybridized carbons (Fsp3) is 0.857. The van der Waals surface area contributed by atoms with Crippen LogP contribution in [0.4, 0.5) is 0 Å². The van der Waals surface area contributed by atoms with Gasteiger partial charge in [0.15, 0.2) is 5.78 Å². The first-order chi connectivity index (χ1) is 7.68. The molecule has 0 aromatic heterocycles. The van der Waals surface area contributed by atoms with Gasteiger partial charge in [0.25, 0.3) is 0 Å². The van der Waals surface area contributed by atoms with Crippen LogP contribution >= 0.6 is 0 Å². The highest BCUT2D eigenvalue weighted by Crippen LogP contribution is 2.17. The van der Waals surface area contributed by atoms with E-state index in [1.54, 1.807) is 11.9 Å². The standard InChI is InChI=1S/C14H27NO2/c1-9(2)8-12(13(16)10(3)4)15(7)14(17)11(5)6/h9-12H,8H2,1-7H3/t12-/m1/s1. The lowest BCUT2D eigenvalue weighted by atomic mass is 9.92. The summed E-state index contributed by atoms with van der Waals surface area (Å²) < 4.78 is 0. The summed E-state index contributed by atoms with van der Waals surface area (Å²) >= 11 is 0. The maximum absolute atomic E-state index is 12.2. The summed E-state index contributed by atoms with van der Waals surface area (Å²) in [7, 11) is 1.75. The van der Waals surface area contributed by atoms with Crippen molar-refractivity contribution < 1.29 is 9.59 Å². The van der Waals surface area contributed by atoms with Crippen LogP contribution in [-0.2, 0) is 9.59 Å². The van der Waals surface area contributed by atoms with Crippen LogP contribution in [0.15, 0.2) is 0 Å². The minimum Gasteiger partial charge on any atom is -0.335 e. The second-order valence-electron chi connectivity index (χ2n) is 5.81. The lowest BCUT2D eigenvalue weighted by molar-refractivity contribution is -0.142. The van der Waals surface area contributed by atoms with Crippen molar-refractivity contribution in [2.24, 2.45) is 17.8 Å². The number of carbonyl (C=O) groups excluding carboxylic acids is 2. The molecule has 0 aliphatic heterocycles. The first-order valence-electron chi connectivity index (χ1n) is 6.48. The summed E-state index contributed by atoms with van der Waals surface area (Å²) in [5.74, 6) is 0.528. The monoisotopic (exact) mass is 241 g/mol. The van der Waals surface area contributed by atoms with E-state index in [2.05, 4.69) is 13.8 Å². The Balaban J connectivity index is 4.91. The smallest absolute Gasteiger partial charge is 0.225 e. The van der Waals surface area contributed by atoms with Gasteiger partial charge in [-0.1, -0.05) is 41.5 Å². The third kappa shape index (κ3) is 4.88. The van der Waals surface area contributed by atoms with E-state index >= 15 is 0 Å². The molecule has 0 N–H and O–H groups in total. The van der Waals surface area contributed by atoms with Gasteiger partial charge in [0.05, 0.1) is 6.04 Å². The summed E-state index contributed by atoms with van der Waals surface area (Å²) in [5.41, 5.74) is 0. The summed E-state index contributed by atoms with van der Waals surface area (Å²) in [6.45, 7) is 11.7. The predicted molar refractivity (Wildman–Crippen MR) is 70.7 cm³/mol. The fourth-order valence-corrected chi connectivity index (χ4v) is 1.86. The maximum Gasteiger partial charge on any atom is 0.225 e. The van der Waals surface area contributed by atoms with Crippen molar-refractivity contribution in [1.82, 2.24) is 4.90 Å². The van der Waals surface area contributed by atoms with Crippen LogP contribution < -0.4 is 0 Å². The lowest BCUT2D eigenvalue weighted by Crippen LogP contribution is -2.46. The van der Waals surface area contributed by atoms with Crippen molar-refractivity contribution in [2.75, 3.05) is 7.05 Å². The average Bonchev–Trinajstić information content (AvgIpc) is 2.22. The van der Waals surface area contributed by atoms with E-state index in [1.807, 2.05) is 27.7 Å². The lowest BCUT2D eigenvalue weighted by Gasteiger charge is -2.31. The van der Waals surface area contributed by atoms with Crippen molar-refractivity contribution in [3.05, 3.63) is 0 Å². The molecule has 0 radical (unpaired) electrons. The number of likely N-dealkylation sites (N-methyl/N-ethyl adjacent to an activating group) is 1. The minimum atomic E-state index is -0.273. The van der Waals surface area contributed by atoms with Gasteiger partial charge in [-0.2, -0.15) is 0 Å². The molecule has 0 spiro atoms. The zero-order valence-corrected chi connectivity index (χ0v) is 12.3. The largest absolute Gasteiger partial charge is 0.335 e. The Bertz CT molecular complexity index is 269. The van der Waals surface area contributed by atoms with Gasteiger partial charge in [0.2, 0.25) is 5.91 Å². The number of carbonyl (C=O) groups is 2. The van der Waals surface area contributed by atoms with E-state index in [0.29, 0.717) is 5.92 Å². The summed E-state index contributed by atoms with van der Waals surface area (Å²) in [6.07, 6.45) is 0.742. The van der Waals surface area contributed by atoms with Gasteiger partial charge in [-0.15, -0.1) is 0 Å². The molecule has 3 nitrogen and oxygen atoms in total. The van der Waals surface area contributed by atoms with Crippen LogP contribution in [-0.4, -0.2) is 29.7 Å². The third-order valence-electron chi connectivity index (χ3n) is 2.90. The van der Waals surface area contributed by atoms with E-state index in [1.165, 1.54) is 0 Å². The minimum absolute atomic E-state index is 0.0267. The fourth-order valence-electron chi connectivity index (χ4n) is 1.86. The molecule has 100 valence electrons. The molecule has 0 aromatic carbocycles. The normalized spacial score (nSPS) is 13.3. The first-order valence-corrected chi connectivity index (χ1v) is 6.48. The number of nitrogens with zero attached hydrogens (tertiary/aromatic N) is 1. The summed E-state index contributed by atoms with van der Waals surface area (Å²) in [5, 5.41) is 0. The van der Waals surface area contributed by atoms with Crippen molar-refractivity contribution in [1.29, 1.82) is 0 Å². The highest BCUT2D eigenvalue weighted by Gasteiger charge is 2.29. The molecule has 0 aliphatic rings. The van der Waals surface area contributed by atoms with Gasteiger partial charge in [-0.25, -0.2) is 0 Å². The second kappa shape index (κ2) is 6.77. The molecule has 0 rings (SSSR count). The molecule has 0 fully saturated rings. The summed E-state index contributed by atoms with van der Waals surface area (Å²) in [4.78, 5) is 25.8. The number of amides is 1. The van der Waals surface area contributed by atoms with E-state index < -0.39 is 0 Å². The molecule has 3 heteroatoms. The molecule has 0 bridgehead atoms. The topological polar surface area (TPSA) is 37.4 Å². The van der Waals surface area contributed by atoms with Crippen molar-refractivity contribution >= 4 is 11.7 Å². The molecule has 0 heterocycles. The molecule has 0 saturated heterocycles. The highest BCUT2D eigenvalue weighted by molar-refractivity contribution is 5.90. The molecule has 1 atom stereocenters. The van der Waals surface area contributed by atoms with Gasteiger partial charge >= 0.3 is 0 Å². The Kier molecular flexibility index (Phi) is 6.43. The van der Waals surface area contributed by atoms with Crippen LogP contribution in [0.1, 0.15) is 48.0 Å². The van der Waals surface area contributed by atoms with Crippen molar-refractivity contribution in [3.8, 4) is 0 Å². The highest BCUT2D eigenvalue weighted by atomic mass is 16.2. The molecule has 0 saturated carbocycles. The van der Waals surface area contributed by atoms with Gasteiger partial charge in [0, 0.05) is 18.9 Å². The molecule has 1 amide bonds. The van der Waals surface area contributed by atoms with Crippen molar-refractivity contribution in [2.45, 2.75) is 54.0 Å². The molecular formula is C14H27NO2. The Morgan fingerprint density at radius 1 is 0.941 bits per heavy atom. The Hall–Kier alpha value is -0.860. The predicted octanol–water partition coefficient (Wildman–Crippen LogP) is 2.74. The van der Waals surface area contributed by atoms with E-state index in [4.69, 9.17) is 0 Å². The van der Waals surface area contributed by atoms with Crippen molar-refractivity contribution in [3.63, 3.8) is 0 Å².